The van der Waals surface area contributed by atoms with Gasteiger partial charge in [-0.1, -0.05) is 12.1 Å². The van der Waals surface area contributed by atoms with Crippen molar-refractivity contribution >= 4 is 0 Å². The van der Waals surface area contributed by atoms with Gasteiger partial charge in [-0.25, -0.2) is 4.98 Å². The van der Waals surface area contributed by atoms with E-state index in [1.165, 1.54) is 0 Å². The van der Waals surface area contributed by atoms with Crippen LogP contribution in [0, 0.1) is 0 Å². The lowest BCUT2D eigenvalue weighted by atomic mass is 10.2. The minimum atomic E-state index is 0.709. The quantitative estimate of drug-likeness (QED) is 0.757. The summed E-state index contributed by atoms with van der Waals surface area (Å²) >= 11 is 0. The van der Waals surface area contributed by atoms with Crippen LogP contribution >= 0.6 is 0 Å². The molecule has 0 atom stereocenters. The van der Waals surface area contributed by atoms with Crippen LogP contribution in [0.4, 0.5) is 0 Å². The van der Waals surface area contributed by atoms with E-state index in [0.717, 1.165) is 17.1 Å². The molecule has 70 valence electrons. The topological polar surface area (TPSA) is 53.4 Å². The molecule has 2 aromatic rings. The van der Waals surface area contributed by atoms with E-state index in [2.05, 4.69) is 15.7 Å². The van der Waals surface area contributed by atoms with Crippen LogP contribution in [0.3, 0.4) is 0 Å². The van der Waals surface area contributed by atoms with Gasteiger partial charge in [-0.3, -0.25) is 4.98 Å². The zero-order valence-electron chi connectivity index (χ0n) is 7.85. The van der Waals surface area contributed by atoms with E-state index in [4.69, 9.17) is 0 Å². The summed E-state index contributed by atoms with van der Waals surface area (Å²) in [6, 6.07) is 11.7. The van der Waals surface area contributed by atoms with Crippen molar-refractivity contribution in [3.05, 3.63) is 48.3 Å². The highest BCUT2D eigenvalue weighted by atomic mass is 14.8. The molecule has 3 nitrogen and oxygen atoms in total. The molecule has 0 aliphatic carbocycles. The normalized spacial score (nSPS) is 10.1. The smallest absolute Gasteiger partial charge is 0.117 e. The van der Waals surface area contributed by atoms with Crippen molar-refractivity contribution in [1.29, 1.82) is 0 Å². The van der Waals surface area contributed by atoms with E-state index in [9.17, 15) is 0 Å². The van der Waals surface area contributed by atoms with Gasteiger partial charge in [-0.15, -0.1) is 0 Å². The first-order valence-corrected chi connectivity index (χ1v) is 4.57. The monoisotopic (exact) mass is 186 g/mol. The SMILES string of the molecule is [NH3+]Cc1cccc(-c2ccccn2)n1. The summed E-state index contributed by atoms with van der Waals surface area (Å²) in [7, 11) is 0. The van der Waals surface area contributed by atoms with Gasteiger partial charge < -0.3 is 5.73 Å². The van der Waals surface area contributed by atoms with Gasteiger partial charge in [-0.2, -0.15) is 0 Å². The van der Waals surface area contributed by atoms with Crippen molar-refractivity contribution in [2.45, 2.75) is 6.54 Å². The molecule has 2 heterocycles. The van der Waals surface area contributed by atoms with Crippen LogP contribution in [0.1, 0.15) is 5.69 Å². The first kappa shape index (κ1) is 8.84. The third-order valence-electron chi connectivity index (χ3n) is 1.99. The largest absolute Gasteiger partial charge is 0.353 e. The van der Waals surface area contributed by atoms with E-state index in [-0.39, 0.29) is 0 Å². The Morgan fingerprint density at radius 3 is 2.57 bits per heavy atom. The van der Waals surface area contributed by atoms with E-state index in [0.29, 0.717) is 6.54 Å². The average Bonchev–Trinajstić information content (AvgIpc) is 2.30. The van der Waals surface area contributed by atoms with Crippen molar-refractivity contribution in [3.63, 3.8) is 0 Å². The van der Waals surface area contributed by atoms with Gasteiger partial charge in [-0.05, 0) is 24.3 Å². The van der Waals surface area contributed by atoms with Crippen LogP contribution in [-0.2, 0) is 6.54 Å². The molecule has 0 fully saturated rings. The first-order valence-electron chi connectivity index (χ1n) is 4.57. The van der Waals surface area contributed by atoms with Crippen molar-refractivity contribution in [3.8, 4) is 11.4 Å². The second kappa shape index (κ2) is 3.98. The Labute approximate surface area is 82.6 Å². The second-order valence-corrected chi connectivity index (χ2v) is 2.98. The van der Waals surface area contributed by atoms with E-state index >= 15 is 0 Å². The van der Waals surface area contributed by atoms with E-state index in [1.54, 1.807) is 6.20 Å². The Morgan fingerprint density at radius 1 is 1.00 bits per heavy atom. The molecule has 0 bridgehead atoms. The van der Waals surface area contributed by atoms with Crippen LogP contribution in [0.15, 0.2) is 42.6 Å². The maximum Gasteiger partial charge on any atom is 0.117 e. The summed E-state index contributed by atoms with van der Waals surface area (Å²) in [6.07, 6.45) is 1.77. The first-order chi connectivity index (χ1) is 6.90. The molecule has 3 heteroatoms. The average molecular weight is 186 g/mol. The molecule has 14 heavy (non-hydrogen) atoms. The summed E-state index contributed by atoms with van der Waals surface area (Å²) in [4.78, 5) is 8.68. The van der Waals surface area contributed by atoms with Gasteiger partial charge in [0.2, 0.25) is 0 Å². The Morgan fingerprint density at radius 2 is 1.86 bits per heavy atom. The lowest BCUT2D eigenvalue weighted by Gasteiger charge is -2.00. The molecule has 2 rings (SSSR count). The fraction of sp³-hybridized carbons (Fsp3) is 0.0909. The molecule has 2 aromatic heterocycles. The van der Waals surface area contributed by atoms with Crippen molar-refractivity contribution in [2.75, 3.05) is 0 Å². The molecular weight excluding hydrogens is 174 g/mol. The van der Waals surface area contributed by atoms with Gasteiger partial charge in [0, 0.05) is 6.20 Å². The molecule has 0 spiro atoms. The lowest BCUT2D eigenvalue weighted by molar-refractivity contribution is -0.387. The highest BCUT2D eigenvalue weighted by Crippen LogP contribution is 2.12. The minimum Gasteiger partial charge on any atom is -0.353 e. The molecule has 0 radical (unpaired) electrons. The van der Waals surface area contributed by atoms with E-state index in [1.807, 2.05) is 36.4 Å². The third kappa shape index (κ3) is 1.78. The number of nitrogens with zero attached hydrogens (tertiary/aromatic N) is 2. The predicted molar refractivity (Wildman–Crippen MR) is 54.1 cm³/mol. The van der Waals surface area contributed by atoms with E-state index < -0.39 is 0 Å². The Balaban J connectivity index is 2.42. The molecular formula is C11H12N3+. The molecule has 0 amide bonds. The summed E-state index contributed by atoms with van der Waals surface area (Å²) in [5.41, 5.74) is 6.62. The molecule has 0 aliphatic rings. The molecule has 0 aliphatic heterocycles. The predicted octanol–water partition coefficient (Wildman–Crippen LogP) is 0.885. The van der Waals surface area contributed by atoms with Gasteiger partial charge in [0.25, 0.3) is 0 Å². The lowest BCUT2D eigenvalue weighted by Crippen LogP contribution is -2.47. The molecule has 0 saturated carbocycles. The van der Waals surface area contributed by atoms with Gasteiger partial charge in [0.05, 0.1) is 17.1 Å². The Bertz CT molecular complexity index is 412. The zero-order valence-corrected chi connectivity index (χ0v) is 7.85. The number of rotatable bonds is 2. The minimum absolute atomic E-state index is 0.709. The van der Waals surface area contributed by atoms with Gasteiger partial charge in [0.1, 0.15) is 6.54 Å². The summed E-state index contributed by atoms with van der Waals surface area (Å²) < 4.78 is 0. The maximum atomic E-state index is 4.44. The van der Waals surface area contributed by atoms with Crippen molar-refractivity contribution in [1.82, 2.24) is 9.97 Å². The molecule has 0 aromatic carbocycles. The number of quaternary nitrogens is 1. The van der Waals surface area contributed by atoms with Gasteiger partial charge in [0.15, 0.2) is 0 Å². The second-order valence-electron chi connectivity index (χ2n) is 2.98. The molecule has 3 N–H and O–H groups in total. The van der Waals surface area contributed by atoms with Crippen molar-refractivity contribution in [2.24, 2.45) is 0 Å². The number of aromatic nitrogens is 2. The summed E-state index contributed by atoms with van der Waals surface area (Å²) in [5, 5.41) is 0. The highest BCUT2D eigenvalue weighted by molar-refractivity contribution is 5.53. The van der Waals surface area contributed by atoms with Crippen LogP contribution in [0.25, 0.3) is 11.4 Å². The molecule has 0 unspecified atom stereocenters. The summed E-state index contributed by atoms with van der Waals surface area (Å²) in [6.45, 7) is 0.709. The highest BCUT2D eigenvalue weighted by Gasteiger charge is 2.00. The van der Waals surface area contributed by atoms with Crippen LogP contribution in [-0.4, -0.2) is 9.97 Å². The summed E-state index contributed by atoms with van der Waals surface area (Å²) in [5.74, 6) is 0. The third-order valence-corrected chi connectivity index (χ3v) is 1.99. The Hall–Kier alpha value is -1.74. The molecule has 0 saturated heterocycles. The van der Waals surface area contributed by atoms with Gasteiger partial charge >= 0.3 is 0 Å². The van der Waals surface area contributed by atoms with Crippen LogP contribution in [0.5, 0.6) is 0 Å². The zero-order chi connectivity index (χ0) is 9.80. The number of hydrogen-bond donors (Lipinski definition) is 1. The Kier molecular flexibility index (Phi) is 2.51. The van der Waals surface area contributed by atoms with Crippen molar-refractivity contribution < 1.29 is 5.73 Å². The number of pyridine rings is 2. The fourth-order valence-corrected chi connectivity index (χ4v) is 1.28. The van der Waals surface area contributed by atoms with Crippen LogP contribution in [0.2, 0.25) is 0 Å². The van der Waals surface area contributed by atoms with Crippen LogP contribution < -0.4 is 5.73 Å². The number of hydrogen-bond acceptors (Lipinski definition) is 2. The standard InChI is InChI=1S/C11H11N3/c12-8-9-4-3-6-11(14-9)10-5-1-2-7-13-10/h1-7H,8,12H2/p+1. The fourth-order valence-electron chi connectivity index (χ4n) is 1.28. The maximum absolute atomic E-state index is 4.44.